The van der Waals surface area contributed by atoms with Crippen LogP contribution < -0.4 is 5.32 Å². The van der Waals surface area contributed by atoms with E-state index in [1.165, 1.54) is 0 Å². The molecule has 0 bridgehead atoms. The molecule has 2 aliphatic heterocycles. The Morgan fingerprint density at radius 2 is 2.10 bits per heavy atom. The number of hydrogen-bond donors (Lipinski definition) is 1. The second-order valence-electron chi connectivity index (χ2n) is 6.43. The summed E-state index contributed by atoms with van der Waals surface area (Å²) in [7, 11) is 0. The fraction of sp³-hybridized carbons (Fsp3) is 0.812. The highest BCUT2D eigenvalue weighted by atomic mass is 16.7. The summed E-state index contributed by atoms with van der Waals surface area (Å²) >= 11 is 0. The van der Waals surface area contributed by atoms with Crippen LogP contribution in [0.15, 0.2) is 12.2 Å². The number of nitrogens with one attached hydrogen (secondary N) is 1. The van der Waals surface area contributed by atoms with E-state index in [4.69, 9.17) is 9.47 Å². The molecule has 3 aliphatic rings. The van der Waals surface area contributed by atoms with Crippen molar-refractivity contribution >= 4 is 6.03 Å². The zero-order valence-electron chi connectivity index (χ0n) is 12.8. The summed E-state index contributed by atoms with van der Waals surface area (Å²) in [5.74, 6) is -0.238. The topological polar surface area (TPSA) is 50.8 Å². The highest BCUT2D eigenvalue weighted by Crippen LogP contribution is 2.34. The molecule has 1 aliphatic carbocycles. The molecule has 0 aromatic rings. The third kappa shape index (κ3) is 3.40. The number of allylic oxidation sites excluding steroid dienone is 1. The molecule has 2 fully saturated rings. The van der Waals surface area contributed by atoms with Crippen LogP contribution in [0, 0.1) is 5.92 Å². The van der Waals surface area contributed by atoms with Crippen LogP contribution in [0.2, 0.25) is 0 Å². The van der Waals surface area contributed by atoms with Crippen molar-refractivity contribution < 1.29 is 14.3 Å². The fourth-order valence-electron chi connectivity index (χ4n) is 3.55. The lowest BCUT2D eigenvalue weighted by atomic mass is 9.90. The molecule has 0 aromatic heterocycles. The molecular formula is C16H26N2O3. The molecule has 1 N–H and O–H groups in total. The normalized spacial score (nSPS) is 32.1. The van der Waals surface area contributed by atoms with Gasteiger partial charge in [0.05, 0.1) is 13.2 Å². The maximum Gasteiger partial charge on any atom is 0.317 e. The number of carbonyl (C=O) groups is 1. The van der Waals surface area contributed by atoms with Gasteiger partial charge in [0.15, 0.2) is 5.79 Å². The molecule has 21 heavy (non-hydrogen) atoms. The van der Waals surface area contributed by atoms with E-state index in [9.17, 15) is 4.79 Å². The molecule has 3 rings (SSSR count). The van der Waals surface area contributed by atoms with Crippen molar-refractivity contribution in [3.05, 3.63) is 12.2 Å². The Kier molecular flexibility index (Phi) is 4.50. The molecule has 2 atom stereocenters. The lowest BCUT2D eigenvalue weighted by molar-refractivity contribution is -0.189. The number of carbonyl (C=O) groups excluding carboxylic acids is 1. The maximum absolute atomic E-state index is 12.4. The van der Waals surface area contributed by atoms with Gasteiger partial charge in [0.2, 0.25) is 0 Å². The highest BCUT2D eigenvalue weighted by Gasteiger charge is 2.42. The van der Waals surface area contributed by atoms with Gasteiger partial charge in [-0.25, -0.2) is 4.79 Å². The van der Waals surface area contributed by atoms with Gasteiger partial charge in [0.25, 0.3) is 0 Å². The Balaban J connectivity index is 1.55. The van der Waals surface area contributed by atoms with E-state index in [-0.39, 0.29) is 18.0 Å². The molecule has 0 radical (unpaired) electrons. The van der Waals surface area contributed by atoms with Gasteiger partial charge in [-0.3, -0.25) is 0 Å². The second-order valence-corrected chi connectivity index (χ2v) is 6.43. The van der Waals surface area contributed by atoms with Gasteiger partial charge in [-0.15, -0.1) is 0 Å². The molecule has 2 heterocycles. The van der Waals surface area contributed by atoms with Crippen molar-refractivity contribution in [3.8, 4) is 0 Å². The number of piperidine rings is 1. The Bertz CT molecular complexity index is 404. The number of rotatable bonds is 2. The summed E-state index contributed by atoms with van der Waals surface area (Å²) in [6.07, 6.45) is 9.49. The molecule has 5 nitrogen and oxygen atoms in total. The Hall–Kier alpha value is -1.07. The Labute approximate surface area is 126 Å². The van der Waals surface area contributed by atoms with Gasteiger partial charge in [-0.2, -0.15) is 0 Å². The van der Waals surface area contributed by atoms with Crippen molar-refractivity contribution in [1.82, 2.24) is 10.2 Å². The number of urea groups is 1. The van der Waals surface area contributed by atoms with E-state index in [1.54, 1.807) is 0 Å². The van der Waals surface area contributed by atoms with Crippen LogP contribution in [0.3, 0.4) is 0 Å². The van der Waals surface area contributed by atoms with E-state index >= 15 is 0 Å². The summed E-state index contributed by atoms with van der Waals surface area (Å²) < 4.78 is 11.5. The van der Waals surface area contributed by atoms with Crippen LogP contribution >= 0.6 is 0 Å². The molecule has 2 saturated heterocycles. The summed E-state index contributed by atoms with van der Waals surface area (Å²) in [5, 5.41) is 3.17. The van der Waals surface area contributed by atoms with Gasteiger partial charge in [0, 0.05) is 25.0 Å². The smallest absolute Gasteiger partial charge is 0.317 e. The average molecular weight is 294 g/mol. The van der Waals surface area contributed by atoms with Crippen LogP contribution in [-0.2, 0) is 9.47 Å². The zero-order chi connectivity index (χ0) is 14.7. The number of nitrogens with zero attached hydrogens (tertiary/aromatic N) is 1. The molecule has 5 heteroatoms. The predicted molar refractivity (Wildman–Crippen MR) is 79.9 cm³/mol. The average Bonchev–Trinajstić information content (AvgIpc) is 2.97. The van der Waals surface area contributed by atoms with Crippen LogP contribution in [0.1, 0.15) is 39.0 Å². The van der Waals surface area contributed by atoms with Gasteiger partial charge < -0.3 is 19.7 Å². The molecular weight excluding hydrogens is 268 g/mol. The van der Waals surface area contributed by atoms with Gasteiger partial charge in [0.1, 0.15) is 0 Å². The van der Waals surface area contributed by atoms with Crippen LogP contribution in [0.5, 0.6) is 0 Å². The second kappa shape index (κ2) is 6.36. The first kappa shape index (κ1) is 14.9. The SMILES string of the molecule is CC1(C2CCCN(C(=O)NC3CC=CCC3)C2)OCCO1. The third-order valence-electron chi connectivity index (χ3n) is 4.91. The molecule has 2 unspecified atom stereocenters. The van der Waals surface area contributed by atoms with Crippen molar-refractivity contribution in [3.63, 3.8) is 0 Å². The minimum Gasteiger partial charge on any atom is -0.347 e. The minimum atomic E-state index is -0.507. The van der Waals surface area contributed by atoms with Crippen molar-refractivity contribution in [1.29, 1.82) is 0 Å². The Morgan fingerprint density at radius 3 is 2.81 bits per heavy atom. The molecule has 2 amide bonds. The van der Waals surface area contributed by atoms with Crippen molar-refractivity contribution in [2.45, 2.75) is 50.9 Å². The fourth-order valence-corrected chi connectivity index (χ4v) is 3.55. The number of ether oxygens (including phenoxy) is 2. The van der Waals surface area contributed by atoms with E-state index in [2.05, 4.69) is 17.5 Å². The first-order chi connectivity index (χ1) is 10.2. The third-order valence-corrected chi connectivity index (χ3v) is 4.91. The first-order valence-electron chi connectivity index (χ1n) is 8.16. The van der Waals surface area contributed by atoms with E-state index in [0.29, 0.717) is 13.2 Å². The zero-order valence-corrected chi connectivity index (χ0v) is 12.8. The standard InChI is InChI=1S/C16H26N2O3/c1-16(20-10-11-21-16)13-6-5-9-18(12-13)15(19)17-14-7-3-2-4-8-14/h2-3,13-14H,4-12H2,1H3,(H,17,19). The predicted octanol–water partition coefficient (Wildman–Crippen LogP) is 2.28. The molecule has 0 spiro atoms. The Morgan fingerprint density at radius 1 is 1.29 bits per heavy atom. The lowest BCUT2D eigenvalue weighted by Gasteiger charge is -2.40. The first-order valence-corrected chi connectivity index (χ1v) is 8.16. The maximum atomic E-state index is 12.4. The number of amides is 2. The van der Waals surface area contributed by atoms with Gasteiger partial charge in [-0.05, 0) is 39.0 Å². The monoisotopic (exact) mass is 294 g/mol. The van der Waals surface area contributed by atoms with E-state index in [0.717, 1.165) is 45.2 Å². The van der Waals surface area contributed by atoms with Gasteiger partial charge >= 0.3 is 6.03 Å². The van der Waals surface area contributed by atoms with E-state index < -0.39 is 5.79 Å². The summed E-state index contributed by atoms with van der Waals surface area (Å²) in [4.78, 5) is 14.4. The van der Waals surface area contributed by atoms with Crippen LogP contribution in [0.4, 0.5) is 4.79 Å². The largest absolute Gasteiger partial charge is 0.347 e. The lowest BCUT2D eigenvalue weighted by Crippen LogP contribution is -2.53. The number of likely N-dealkylation sites (tertiary alicyclic amines) is 1. The highest BCUT2D eigenvalue weighted by molar-refractivity contribution is 5.74. The minimum absolute atomic E-state index is 0.0709. The summed E-state index contributed by atoms with van der Waals surface area (Å²) in [6, 6.07) is 0.360. The summed E-state index contributed by atoms with van der Waals surface area (Å²) in [5.41, 5.74) is 0. The van der Waals surface area contributed by atoms with Crippen molar-refractivity contribution in [2.24, 2.45) is 5.92 Å². The molecule has 0 saturated carbocycles. The molecule has 0 aromatic carbocycles. The van der Waals surface area contributed by atoms with Crippen LogP contribution in [-0.4, -0.2) is 49.1 Å². The number of hydrogen-bond acceptors (Lipinski definition) is 3. The van der Waals surface area contributed by atoms with Crippen LogP contribution in [0.25, 0.3) is 0 Å². The summed E-state index contributed by atoms with van der Waals surface area (Å²) in [6.45, 7) is 4.89. The quantitative estimate of drug-likeness (QED) is 0.795. The van der Waals surface area contributed by atoms with Crippen molar-refractivity contribution in [2.75, 3.05) is 26.3 Å². The molecule has 118 valence electrons. The van der Waals surface area contributed by atoms with E-state index in [1.807, 2.05) is 11.8 Å². The van der Waals surface area contributed by atoms with Gasteiger partial charge in [-0.1, -0.05) is 12.2 Å².